The average molecular weight is 603 g/mol. The molecule has 1 aromatic carbocycles. The molecule has 0 atom stereocenters. The van der Waals surface area contributed by atoms with Gasteiger partial charge in [-0.15, -0.1) is 24.3 Å². The first-order valence-corrected chi connectivity index (χ1v) is 10.1. The zero-order chi connectivity index (χ0) is 21.5. The number of nitrogens with zero attached hydrogens (tertiary/aromatic N) is 5. The van der Waals surface area contributed by atoms with Gasteiger partial charge in [-0.2, -0.15) is 11.2 Å². The molecule has 0 N–H and O–H groups in total. The van der Waals surface area contributed by atoms with Crippen molar-refractivity contribution in [3.8, 4) is 28.6 Å². The summed E-state index contributed by atoms with van der Waals surface area (Å²) >= 11 is 0. The van der Waals surface area contributed by atoms with Crippen LogP contribution in [-0.4, -0.2) is 24.1 Å². The number of aromatic nitrogens is 5. The summed E-state index contributed by atoms with van der Waals surface area (Å²) < 4.78 is 10.1. The Balaban J connectivity index is 0.00000245. The smallest absolute Gasteiger partial charge is 0.509 e. The Kier molecular flexibility index (Phi) is 5.98. The first kappa shape index (κ1) is 22.0. The first-order chi connectivity index (χ1) is 15.0. The van der Waals surface area contributed by atoms with Crippen molar-refractivity contribution in [3.05, 3.63) is 89.6 Å². The molecule has 162 valence electrons. The molecular formula is C25H21N5OPt. The van der Waals surface area contributed by atoms with E-state index in [4.69, 9.17) is 9.72 Å². The van der Waals surface area contributed by atoms with Crippen molar-refractivity contribution in [2.45, 2.75) is 27.7 Å². The first-order valence-electron chi connectivity index (χ1n) is 10.1. The fourth-order valence-electron chi connectivity index (χ4n) is 3.69. The molecular weight excluding hydrogens is 581 g/mol. The van der Waals surface area contributed by atoms with Crippen molar-refractivity contribution >= 4 is 5.65 Å². The minimum atomic E-state index is 0. The second-order valence-electron chi connectivity index (χ2n) is 7.51. The van der Waals surface area contributed by atoms with Gasteiger partial charge in [0.25, 0.3) is 0 Å². The van der Waals surface area contributed by atoms with Crippen LogP contribution in [-0.2, 0) is 21.1 Å². The van der Waals surface area contributed by atoms with E-state index in [0.29, 0.717) is 11.5 Å². The zero-order valence-corrected chi connectivity index (χ0v) is 20.4. The number of rotatable bonds is 4. The van der Waals surface area contributed by atoms with Crippen LogP contribution in [0.25, 0.3) is 22.7 Å². The van der Waals surface area contributed by atoms with Gasteiger partial charge in [-0.3, -0.25) is 4.68 Å². The van der Waals surface area contributed by atoms with Crippen LogP contribution in [0.15, 0.2) is 54.7 Å². The Morgan fingerprint density at radius 2 is 1.75 bits per heavy atom. The van der Waals surface area contributed by atoms with Crippen molar-refractivity contribution in [3.63, 3.8) is 0 Å². The number of hydrogen-bond acceptors (Lipinski definition) is 4. The Hall–Kier alpha value is -3.24. The summed E-state index contributed by atoms with van der Waals surface area (Å²) in [6.07, 6.45) is 1.77. The van der Waals surface area contributed by atoms with E-state index in [1.54, 1.807) is 6.20 Å². The molecule has 0 unspecified atom stereocenters. The Bertz CT molecular complexity index is 1410. The predicted octanol–water partition coefficient (Wildman–Crippen LogP) is 5.21. The fraction of sp³-hybridized carbons (Fsp3) is 0.160. The standard InChI is InChI=1S/C25H21N5O.Pt/c1-16-12-17(2)30(28-16)20-8-7-9-21(13-20)31-22-14-24(23-10-5-6-11-26-23)29-19(4)18(3)27-25(29)15-22;/h5-12,15H,1-4H3;/q-2;+2. The topological polar surface area (TPSA) is 57.2 Å². The van der Waals surface area contributed by atoms with E-state index in [1.807, 2.05) is 80.9 Å². The number of aryl methyl sites for hydroxylation is 4. The summed E-state index contributed by atoms with van der Waals surface area (Å²) in [7, 11) is 0. The van der Waals surface area contributed by atoms with Crippen molar-refractivity contribution in [2.75, 3.05) is 0 Å². The molecule has 0 aliphatic carbocycles. The molecule has 0 bridgehead atoms. The van der Waals surface area contributed by atoms with Crippen LogP contribution >= 0.6 is 0 Å². The summed E-state index contributed by atoms with van der Waals surface area (Å²) in [6.45, 7) is 8.03. The number of benzene rings is 1. The van der Waals surface area contributed by atoms with Gasteiger partial charge in [-0.25, -0.2) is 4.98 Å². The van der Waals surface area contributed by atoms with Gasteiger partial charge in [-0.1, -0.05) is 18.2 Å². The van der Waals surface area contributed by atoms with Gasteiger partial charge in [0.15, 0.2) is 0 Å². The molecule has 4 heterocycles. The normalized spacial score (nSPS) is 10.9. The van der Waals surface area contributed by atoms with E-state index in [-0.39, 0.29) is 21.1 Å². The molecule has 0 radical (unpaired) electrons. The third-order valence-electron chi connectivity index (χ3n) is 5.21. The molecule has 0 saturated carbocycles. The van der Waals surface area contributed by atoms with E-state index >= 15 is 0 Å². The molecule has 32 heavy (non-hydrogen) atoms. The second kappa shape index (κ2) is 8.71. The molecule has 0 amide bonds. The van der Waals surface area contributed by atoms with Crippen LogP contribution in [0.4, 0.5) is 0 Å². The minimum absolute atomic E-state index is 0. The van der Waals surface area contributed by atoms with E-state index in [2.05, 4.69) is 26.6 Å². The van der Waals surface area contributed by atoms with Gasteiger partial charge in [0.2, 0.25) is 0 Å². The maximum Gasteiger partial charge on any atom is 2.00 e. The van der Waals surface area contributed by atoms with Gasteiger partial charge in [0.05, 0.1) is 17.0 Å². The van der Waals surface area contributed by atoms with E-state index in [1.165, 1.54) is 0 Å². The van der Waals surface area contributed by atoms with Gasteiger partial charge in [-0.05, 0) is 56.9 Å². The molecule has 4 aromatic heterocycles. The summed E-state index contributed by atoms with van der Waals surface area (Å²) in [5.74, 6) is 1.14. The Morgan fingerprint density at radius 1 is 0.906 bits per heavy atom. The quantitative estimate of drug-likeness (QED) is 0.266. The van der Waals surface area contributed by atoms with Crippen LogP contribution in [0.1, 0.15) is 22.8 Å². The molecule has 0 aliphatic rings. The van der Waals surface area contributed by atoms with Crippen LogP contribution < -0.4 is 4.74 Å². The third kappa shape index (κ3) is 3.98. The van der Waals surface area contributed by atoms with Crippen molar-refractivity contribution in [2.24, 2.45) is 0 Å². The van der Waals surface area contributed by atoms with E-state index in [9.17, 15) is 0 Å². The van der Waals surface area contributed by atoms with Crippen molar-refractivity contribution < 1.29 is 25.8 Å². The molecule has 0 fully saturated rings. The maximum atomic E-state index is 6.17. The van der Waals surface area contributed by atoms with Crippen molar-refractivity contribution in [1.29, 1.82) is 0 Å². The molecule has 0 saturated heterocycles. The van der Waals surface area contributed by atoms with Gasteiger partial charge in [0, 0.05) is 29.1 Å². The monoisotopic (exact) mass is 602 g/mol. The predicted molar refractivity (Wildman–Crippen MR) is 119 cm³/mol. The molecule has 5 aromatic rings. The van der Waals surface area contributed by atoms with Crippen LogP contribution in [0.5, 0.6) is 11.5 Å². The number of ether oxygens (including phenoxy) is 1. The number of fused-ring (bicyclic) bond motifs is 1. The Labute approximate surface area is 201 Å². The molecule has 6 nitrogen and oxygen atoms in total. The van der Waals surface area contributed by atoms with Gasteiger partial charge < -0.3 is 14.1 Å². The second-order valence-corrected chi connectivity index (χ2v) is 7.51. The van der Waals surface area contributed by atoms with Gasteiger partial charge in [0.1, 0.15) is 0 Å². The molecule has 5 rings (SSSR count). The summed E-state index contributed by atoms with van der Waals surface area (Å²) in [4.78, 5) is 9.20. The minimum Gasteiger partial charge on any atom is -0.509 e. The summed E-state index contributed by atoms with van der Waals surface area (Å²) in [5.41, 5.74) is 7.23. The summed E-state index contributed by atoms with van der Waals surface area (Å²) in [6, 6.07) is 22.2. The SMILES string of the molecule is Cc1cc(C)n(-c2[c-]c(Oc3[c-]c(-c4ccccn4)n4c(C)c(C)nc4c3)ccc2)n1.[Pt+2]. The Morgan fingerprint density at radius 3 is 2.47 bits per heavy atom. The molecule has 0 aliphatic heterocycles. The van der Waals surface area contributed by atoms with Crippen LogP contribution in [0.2, 0.25) is 0 Å². The average Bonchev–Trinajstić information content (AvgIpc) is 3.25. The maximum absolute atomic E-state index is 6.17. The largest absolute Gasteiger partial charge is 2.00 e. The van der Waals surface area contributed by atoms with Crippen LogP contribution in [0.3, 0.4) is 0 Å². The summed E-state index contributed by atoms with van der Waals surface area (Å²) in [5, 5.41) is 4.54. The third-order valence-corrected chi connectivity index (χ3v) is 5.21. The number of pyridine rings is 2. The fourth-order valence-corrected chi connectivity index (χ4v) is 3.69. The zero-order valence-electron chi connectivity index (χ0n) is 18.2. The van der Waals surface area contributed by atoms with E-state index in [0.717, 1.165) is 45.5 Å². The van der Waals surface area contributed by atoms with Crippen LogP contribution in [0, 0.1) is 39.8 Å². The molecule has 7 heteroatoms. The number of hydrogen-bond donors (Lipinski definition) is 0. The van der Waals surface area contributed by atoms with E-state index < -0.39 is 0 Å². The van der Waals surface area contributed by atoms with Crippen molar-refractivity contribution in [1.82, 2.24) is 24.1 Å². The molecule has 0 spiro atoms. The number of imidazole rings is 1. The van der Waals surface area contributed by atoms with Gasteiger partial charge >= 0.3 is 21.1 Å².